The minimum atomic E-state index is -3.67. The number of amides is 2. The van der Waals surface area contributed by atoms with Gasteiger partial charge in [0.1, 0.15) is 5.69 Å². The quantitative estimate of drug-likeness (QED) is 0.437. The molecule has 1 aromatic carbocycles. The van der Waals surface area contributed by atoms with Crippen LogP contribution >= 0.6 is 11.6 Å². The summed E-state index contributed by atoms with van der Waals surface area (Å²) in [7, 11) is -3.67. The largest absolute Gasteiger partial charge is 0.348 e. The third kappa shape index (κ3) is 7.41. The van der Waals surface area contributed by atoms with Crippen molar-refractivity contribution in [1.82, 2.24) is 20.8 Å². The van der Waals surface area contributed by atoms with Crippen LogP contribution in [0.2, 0.25) is 5.02 Å². The minimum Gasteiger partial charge on any atom is -0.348 e. The molecule has 0 unspecified atom stereocenters. The van der Waals surface area contributed by atoms with E-state index in [0.29, 0.717) is 22.5 Å². The molecule has 164 valence electrons. The molecule has 10 nitrogen and oxygen atoms in total. The fourth-order valence-corrected chi connectivity index (χ4v) is 3.19. The average molecular weight is 458 g/mol. The van der Waals surface area contributed by atoms with Gasteiger partial charge in [0.05, 0.1) is 28.7 Å². The van der Waals surface area contributed by atoms with Gasteiger partial charge in [-0.05, 0) is 44.5 Å². The van der Waals surface area contributed by atoms with Crippen molar-refractivity contribution in [2.45, 2.75) is 25.8 Å². The predicted molar refractivity (Wildman–Crippen MR) is 114 cm³/mol. The lowest BCUT2D eigenvalue weighted by Crippen LogP contribution is -2.43. The maximum absolute atomic E-state index is 12.5. The normalized spacial score (nSPS) is 14.4. The van der Waals surface area contributed by atoms with Crippen LogP contribution in [0.1, 0.15) is 39.3 Å². The number of H-pyrrole nitrogens is 1. The Bertz CT molecular complexity index is 974. The Morgan fingerprint density at radius 3 is 2.47 bits per heavy atom. The summed E-state index contributed by atoms with van der Waals surface area (Å²) in [4.78, 5) is 25.0. The molecular formula is C18H24ClN5O5S. The third-order valence-corrected chi connectivity index (χ3v) is 4.55. The molecule has 1 aromatic heterocycles. The molecular weight excluding hydrogens is 434 g/mol. The van der Waals surface area contributed by atoms with Crippen LogP contribution in [0.25, 0.3) is 0 Å². The van der Waals surface area contributed by atoms with E-state index in [9.17, 15) is 18.0 Å². The second-order valence-electron chi connectivity index (χ2n) is 6.78. The van der Waals surface area contributed by atoms with Crippen molar-refractivity contribution >= 4 is 39.2 Å². The lowest BCUT2D eigenvalue weighted by Gasteiger charge is -2.23. The van der Waals surface area contributed by atoms with Gasteiger partial charge in [-0.2, -0.15) is 13.5 Å². The summed E-state index contributed by atoms with van der Waals surface area (Å²) in [6.07, 6.45) is 3.88. The van der Waals surface area contributed by atoms with E-state index in [2.05, 4.69) is 26.1 Å². The lowest BCUT2D eigenvalue weighted by atomic mass is 10.1. The molecule has 12 heteroatoms. The zero-order valence-corrected chi connectivity index (χ0v) is 18.1. The minimum absolute atomic E-state index is 0.117. The van der Waals surface area contributed by atoms with Gasteiger partial charge < -0.3 is 16.0 Å². The van der Waals surface area contributed by atoms with E-state index >= 15 is 0 Å². The topological polar surface area (TPSA) is 153 Å². The van der Waals surface area contributed by atoms with Crippen molar-refractivity contribution in [2.24, 2.45) is 0 Å². The van der Waals surface area contributed by atoms with Gasteiger partial charge in [-0.1, -0.05) is 23.7 Å². The van der Waals surface area contributed by atoms with E-state index in [1.54, 1.807) is 25.1 Å². The van der Waals surface area contributed by atoms with E-state index in [0.717, 1.165) is 31.5 Å². The van der Waals surface area contributed by atoms with Crippen LogP contribution in [0.3, 0.4) is 0 Å². The highest BCUT2D eigenvalue weighted by Crippen LogP contribution is 2.22. The van der Waals surface area contributed by atoms with E-state index in [-0.39, 0.29) is 23.6 Å². The van der Waals surface area contributed by atoms with Crippen molar-refractivity contribution < 1.29 is 22.6 Å². The summed E-state index contributed by atoms with van der Waals surface area (Å²) < 4.78 is 25.9. The Balaban J connectivity index is 0.000000575. The summed E-state index contributed by atoms with van der Waals surface area (Å²) in [6, 6.07) is 5.36. The second kappa shape index (κ2) is 10.5. The van der Waals surface area contributed by atoms with Crippen LogP contribution in [0.15, 0.2) is 24.4 Å². The summed E-state index contributed by atoms with van der Waals surface area (Å²) in [6.45, 7) is 3.56. The SMILES string of the molecule is CS(=O)(=O)O.Cc1cccc(Cl)c1C(=O)Nc1cn[nH]c1C(=O)NC1CCNCC1. The molecule has 2 amide bonds. The van der Waals surface area contributed by atoms with Crippen LogP contribution in [-0.4, -0.2) is 60.4 Å². The molecule has 3 rings (SSSR count). The number of carbonyl (C=O) groups is 2. The van der Waals surface area contributed by atoms with Gasteiger partial charge in [-0.25, -0.2) is 0 Å². The molecule has 5 N–H and O–H groups in total. The number of hydrogen-bond acceptors (Lipinski definition) is 6. The van der Waals surface area contributed by atoms with Gasteiger partial charge in [-0.3, -0.25) is 19.2 Å². The molecule has 1 saturated heterocycles. The highest BCUT2D eigenvalue weighted by molar-refractivity contribution is 7.85. The maximum atomic E-state index is 12.5. The van der Waals surface area contributed by atoms with Gasteiger partial charge in [-0.15, -0.1) is 0 Å². The van der Waals surface area contributed by atoms with Crippen LogP contribution < -0.4 is 16.0 Å². The number of aromatic amines is 1. The Kier molecular flexibility index (Phi) is 8.35. The molecule has 30 heavy (non-hydrogen) atoms. The smallest absolute Gasteiger partial charge is 0.271 e. The number of piperidine rings is 1. The van der Waals surface area contributed by atoms with Crippen molar-refractivity contribution in [1.29, 1.82) is 0 Å². The fraction of sp³-hybridized carbons (Fsp3) is 0.389. The Morgan fingerprint density at radius 2 is 1.87 bits per heavy atom. The van der Waals surface area contributed by atoms with E-state index in [1.807, 2.05) is 0 Å². The van der Waals surface area contributed by atoms with Gasteiger partial charge in [0.15, 0.2) is 0 Å². The lowest BCUT2D eigenvalue weighted by molar-refractivity contribution is 0.0925. The van der Waals surface area contributed by atoms with Crippen LogP contribution in [0.4, 0.5) is 5.69 Å². The van der Waals surface area contributed by atoms with Crippen molar-refractivity contribution in [3.8, 4) is 0 Å². The number of rotatable bonds is 4. The van der Waals surface area contributed by atoms with Crippen molar-refractivity contribution in [3.05, 3.63) is 46.2 Å². The molecule has 2 heterocycles. The number of nitrogens with one attached hydrogen (secondary N) is 4. The second-order valence-corrected chi connectivity index (χ2v) is 8.65. The average Bonchev–Trinajstić information content (AvgIpc) is 3.09. The molecule has 0 radical (unpaired) electrons. The van der Waals surface area contributed by atoms with Gasteiger partial charge >= 0.3 is 0 Å². The zero-order valence-electron chi connectivity index (χ0n) is 16.5. The maximum Gasteiger partial charge on any atom is 0.271 e. The van der Waals surface area contributed by atoms with Crippen molar-refractivity contribution in [2.75, 3.05) is 24.7 Å². The first-order chi connectivity index (χ1) is 14.1. The first-order valence-electron chi connectivity index (χ1n) is 9.10. The van der Waals surface area contributed by atoms with E-state index in [4.69, 9.17) is 16.2 Å². The number of nitrogens with zero attached hydrogens (tertiary/aromatic N) is 1. The predicted octanol–water partition coefficient (Wildman–Crippen LogP) is 1.61. The summed E-state index contributed by atoms with van der Waals surface area (Å²) >= 11 is 6.13. The number of halogens is 1. The molecule has 1 fully saturated rings. The number of aryl methyl sites for hydroxylation is 1. The standard InChI is InChI=1S/C17H20ClN5O2.CH4O3S/c1-10-3-2-4-12(18)14(10)16(24)22-13-9-20-23-15(13)17(25)21-11-5-7-19-8-6-11;1-5(2,3)4/h2-4,9,11,19H,5-8H2,1H3,(H,20,23)(H,21,25)(H,22,24);1H3,(H,2,3,4). The van der Waals surface area contributed by atoms with Crippen LogP contribution in [-0.2, 0) is 10.1 Å². The van der Waals surface area contributed by atoms with Crippen molar-refractivity contribution in [3.63, 3.8) is 0 Å². The van der Waals surface area contributed by atoms with Gasteiger partial charge in [0, 0.05) is 6.04 Å². The highest BCUT2D eigenvalue weighted by atomic mass is 35.5. The highest BCUT2D eigenvalue weighted by Gasteiger charge is 2.22. The van der Waals surface area contributed by atoms with Gasteiger partial charge in [0.2, 0.25) is 0 Å². The summed E-state index contributed by atoms with van der Waals surface area (Å²) in [5.41, 5.74) is 1.71. The van der Waals surface area contributed by atoms with E-state index in [1.165, 1.54) is 6.20 Å². The molecule has 0 atom stereocenters. The number of anilines is 1. The molecule has 0 saturated carbocycles. The molecule has 0 aliphatic carbocycles. The molecule has 1 aliphatic rings. The number of carbonyl (C=O) groups excluding carboxylic acids is 2. The zero-order chi connectivity index (χ0) is 22.3. The third-order valence-electron chi connectivity index (χ3n) is 4.24. The first kappa shape index (κ1) is 23.8. The Morgan fingerprint density at radius 1 is 1.23 bits per heavy atom. The number of benzene rings is 1. The first-order valence-corrected chi connectivity index (χ1v) is 11.3. The molecule has 1 aliphatic heterocycles. The monoisotopic (exact) mass is 457 g/mol. The summed E-state index contributed by atoms with van der Waals surface area (Å²) in [5, 5.41) is 15.8. The Hall–Kier alpha value is -2.47. The fourth-order valence-electron chi connectivity index (χ4n) is 2.88. The summed E-state index contributed by atoms with van der Waals surface area (Å²) in [5.74, 6) is -0.656. The Labute approximate surface area is 179 Å². The molecule has 0 bridgehead atoms. The van der Waals surface area contributed by atoms with Gasteiger partial charge in [0.25, 0.3) is 21.9 Å². The van der Waals surface area contributed by atoms with Crippen LogP contribution in [0, 0.1) is 6.92 Å². The number of aromatic nitrogens is 2. The number of hydrogen-bond donors (Lipinski definition) is 5. The van der Waals surface area contributed by atoms with E-state index < -0.39 is 10.1 Å². The van der Waals surface area contributed by atoms with Crippen LogP contribution in [0.5, 0.6) is 0 Å². The molecule has 2 aromatic rings. The molecule has 0 spiro atoms.